The van der Waals surface area contributed by atoms with E-state index in [2.05, 4.69) is 5.32 Å². The van der Waals surface area contributed by atoms with Crippen LogP contribution in [-0.2, 0) is 0 Å². The fourth-order valence-corrected chi connectivity index (χ4v) is 2.07. The average molecular weight is 269 g/mol. The molecule has 0 fully saturated rings. The van der Waals surface area contributed by atoms with E-state index in [1.807, 2.05) is 30.3 Å². The van der Waals surface area contributed by atoms with Gasteiger partial charge in [-0.15, -0.1) is 0 Å². The lowest BCUT2D eigenvalue weighted by atomic mass is 9.99. The molecule has 0 saturated heterocycles. The Bertz CT molecular complexity index is 548. The topological polar surface area (TPSA) is 32.3 Å². The molecular weight excluding hydrogens is 255 g/mol. The van der Waals surface area contributed by atoms with Crippen LogP contribution in [0.2, 0.25) is 0 Å². The number of aliphatic hydroxyl groups excluding tert-OH is 1. The summed E-state index contributed by atoms with van der Waals surface area (Å²) in [6, 6.07) is 12.1. The van der Waals surface area contributed by atoms with Gasteiger partial charge in [0.1, 0.15) is 0 Å². The van der Waals surface area contributed by atoms with Crippen LogP contribution in [0.5, 0.6) is 0 Å². The summed E-state index contributed by atoms with van der Waals surface area (Å²) in [5, 5.41) is 13.4. The number of hydrogen-bond acceptors (Lipinski definition) is 2. The predicted octanol–water partition coefficient (Wildman–Crippen LogP) is 3.03. The summed E-state index contributed by atoms with van der Waals surface area (Å²) in [5.41, 5.74) is 0.671. The van der Waals surface area contributed by atoms with Gasteiger partial charge in [0.25, 0.3) is 0 Å². The molecule has 2 aromatic rings. The van der Waals surface area contributed by atoms with Crippen LogP contribution in [0, 0.1) is 0 Å². The van der Waals surface area contributed by atoms with Gasteiger partial charge in [0.05, 0.1) is 19.2 Å². The molecule has 0 aliphatic rings. The first-order chi connectivity index (χ1) is 9.01. The summed E-state index contributed by atoms with van der Waals surface area (Å²) >= 11 is 0. The van der Waals surface area contributed by atoms with Crippen LogP contribution in [-0.4, -0.2) is 24.4 Å². The number of nitrogens with one attached hydrogen (secondary N) is 1. The van der Waals surface area contributed by atoms with Crippen molar-refractivity contribution in [2.45, 2.75) is 12.2 Å². The number of halogens is 3. The highest BCUT2D eigenvalue weighted by Crippen LogP contribution is 2.25. The van der Waals surface area contributed by atoms with Gasteiger partial charge in [0.15, 0.2) is 0 Å². The maximum absolute atomic E-state index is 12.2. The molecule has 5 heteroatoms. The molecule has 102 valence electrons. The maximum atomic E-state index is 12.2. The highest BCUT2D eigenvalue weighted by molar-refractivity contribution is 5.86. The fraction of sp³-hybridized carbons (Fsp3) is 0.286. The zero-order valence-corrected chi connectivity index (χ0v) is 10.1. The molecule has 0 spiro atoms. The normalized spacial score (nSPS) is 13.7. The van der Waals surface area contributed by atoms with Crippen LogP contribution in [0.15, 0.2) is 42.5 Å². The van der Waals surface area contributed by atoms with Gasteiger partial charge < -0.3 is 5.11 Å². The van der Waals surface area contributed by atoms with Crippen molar-refractivity contribution in [3.63, 3.8) is 0 Å². The molecular formula is C14H14F3NO. The third-order valence-electron chi connectivity index (χ3n) is 2.93. The largest absolute Gasteiger partial charge is 0.401 e. The monoisotopic (exact) mass is 269 g/mol. The van der Waals surface area contributed by atoms with Crippen molar-refractivity contribution in [2.75, 3.05) is 13.2 Å². The molecule has 2 rings (SSSR count). The van der Waals surface area contributed by atoms with Crippen molar-refractivity contribution in [2.24, 2.45) is 0 Å². The summed E-state index contributed by atoms with van der Waals surface area (Å²) in [6.07, 6.45) is -4.29. The Morgan fingerprint density at radius 1 is 1.05 bits per heavy atom. The van der Waals surface area contributed by atoms with Crippen LogP contribution < -0.4 is 5.32 Å². The van der Waals surface area contributed by atoms with E-state index in [9.17, 15) is 18.3 Å². The first-order valence-corrected chi connectivity index (χ1v) is 5.90. The minimum absolute atomic E-state index is 0.385. The van der Waals surface area contributed by atoms with E-state index in [1.165, 1.54) is 0 Å². The van der Waals surface area contributed by atoms with Crippen molar-refractivity contribution >= 4 is 10.8 Å². The number of benzene rings is 2. The SMILES string of the molecule is OCC(NCC(F)(F)F)c1cccc2ccccc12. The Morgan fingerprint density at radius 2 is 1.74 bits per heavy atom. The van der Waals surface area contributed by atoms with Crippen LogP contribution in [0.3, 0.4) is 0 Å². The van der Waals surface area contributed by atoms with Crippen LogP contribution in [0.1, 0.15) is 11.6 Å². The fourth-order valence-electron chi connectivity index (χ4n) is 2.07. The molecule has 1 atom stereocenters. The average Bonchev–Trinajstić information content (AvgIpc) is 2.38. The Balaban J connectivity index is 2.30. The molecule has 0 aliphatic heterocycles. The quantitative estimate of drug-likeness (QED) is 0.894. The minimum Gasteiger partial charge on any atom is -0.394 e. The van der Waals surface area contributed by atoms with E-state index in [0.717, 1.165) is 10.8 Å². The number of rotatable bonds is 4. The van der Waals surface area contributed by atoms with E-state index in [1.54, 1.807) is 12.1 Å². The molecule has 0 aliphatic carbocycles. The van der Waals surface area contributed by atoms with Gasteiger partial charge >= 0.3 is 6.18 Å². The molecule has 0 radical (unpaired) electrons. The second kappa shape index (κ2) is 5.59. The summed E-state index contributed by atoms with van der Waals surface area (Å²) in [7, 11) is 0. The lowest BCUT2D eigenvalue weighted by molar-refractivity contribution is -0.126. The molecule has 2 nitrogen and oxygen atoms in total. The van der Waals surface area contributed by atoms with Gasteiger partial charge in [-0.2, -0.15) is 13.2 Å². The van der Waals surface area contributed by atoms with Gasteiger partial charge in [0.2, 0.25) is 0 Å². The Hall–Kier alpha value is -1.59. The molecule has 0 heterocycles. The minimum atomic E-state index is -4.29. The Morgan fingerprint density at radius 3 is 2.42 bits per heavy atom. The van der Waals surface area contributed by atoms with Crippen molar-refractivity contribution in [3.8, 4) is 0 Å². The third-order valence-corrected chi connectivity index (χ3v) is 2.93. The highest BCUT2D eigenvalue weighted by atomic mass is 19.4. The lowest BCUT2D eigenvalue weighted by Crippen LogP contribution is -2.33. The Kier molecular flexibility index (Phi) is 4.07. The molecule has 19 heavy (non-hydrogen) atoms. The van der Waals surface area contributed by atoms with E-state index >= 15 is 0 Å². The van der Waals surface area contributed by atoms with Gasteiger partial charge in [-0.1, -0.05) is 42.5 Å². The van der Waals surface area contributed by atoms with E-state index in [-0.39, 0.29) is 6.61 Å². The number of alkyl halides is 3. The molecule has 2 N–H and O–H groups in total. The summed E-state index contributed by atoms with van der Waals surface area (Å²) < 4.78 is 36.7. The van der Waals surface area contributed by atoms with Gasteiger partial charge in [0, 0.05) is 0 Å². The molecule has 0 amide bonds. The van der Waals surface area contributed by atoms with Crippen molar-refractivity contribution in [1.29, 1.82) is 0 Å². The number of aliphatic hydroxyl groups is 1. The molecule has 0 bridgehead atoms. The van der Waals surface area contributed by atoms with Crippen molar-refractivity contribution < 1.29 is 18.3 Å². The van der Waals surface area contributed by atoms with Crippen molar-refractivity contribution in [1.82, 2.24) is 5.32 Å². The zero-order valence-electron chi connectivity index (χ0n) is 10.1. The van der Waals surface area contributed by atoms with Gasteiger partial charge in [-0.3, -0.25) is 5.32 Å². The van der Waals surface area contributed by atoms with E-state index in [0.29, 0.717) is 5.56 Å². The predicted molar refractivity (Wildman–Crippen MR) is 67.8 cm³/mol. The second-order valence-corrected chi connectivity index (χ2v) is 4.30. The Labute approximate surface area is 108 Å². The third kappa shape index (κ3) is 3.45. The molecule has 0 aromatic heterocycles. The first kappa shape index (κ1) is 13.8. The van der Waals surface area contributed by atoms with Gasteiger partial charge in [-0.25, -0.2) is 0 Å². The molecule has 1 unspecified atom stereocenters. The number of fused-ring (bicyclic) bond motifs is 1. The summed E-state index contributed by atoms with van der Waals surface area (Å²) in [6.45, 7) is -1.51. The van der Waals surface area contributed by atoms with Crippen LogP contribution >= 0.6 is 0 Å². The summed E-state index contributed by atoms with van der Waals surface area (Å²) in [4.78, 5) is 0. The van der Waals surface area contributed by atoms with Gasteiger partial charge in [-0.05, 0) is 16.3 Å². The van der Waals surface area contributed by atoms with Crippen molar-refractivity contribution in [3.05, 3.63) is 48.0 Å². The second-order valence-electron chi connectivity index (χ2n) is 4.30. The zero-order chi connectivity index (χ0) is 13.9. The highest BCUT2D eigenvalue weighted by Gasteiger charge is 2.28. The standard InChI is InChI=1S/C14H14F3NO/c15-14(16,17)9-18-13(8-19)12-7-3-5-10-4-1-2-6-11(10)12/h1-7,13,18-19H,8-9H2. The summed E-state index contributed by atoms with van der Waals surface area (Å²) in [5.74, 6) is 0. The molecule has 0 saturated carbocycles. The molecule has 2 aromatic carbocycles. The van der Waals surface area contributed by atoms with E-state index < -0.39 is 18.8 Å². The lowest BCUT2D eigenvalue weighted by Gasteiger charge is -2.19. The number of hydrogen-bond donors (Lipinski definition) is 2. The van der Waals surface area contributed by atoms with Crippen LogP contribution in [0.25, 0.3) is 10.8 Å². The van der Waals surface area contributed by atoms with Crippen LogP contribution in [0.4, 0.5) is 13.2 Å². The smallest absolute Gasteiger partial charge is 0.394 e. The first-order valence-electron chi connectivity index (χ1n) is 5.90. The maximum Gasteiger partial charge on any atom is 0.401 e. The van der Waals surface area contributed by atoms with E-state index in [4.69, 9.17) is 0 Å².